The van der Waals surface area contributed by atoms with Crippen LogP contribution in [0, 0.1) is 0 Å². The number of rotatable bonds is 7. The summed E-state index contributed by atoms with van der Waals surface area (Å²) in [5, 5.41) is 14.8. The number of ether oxygens (including phenoxy) is 2. The molecule has 1 aromatic rings. The number of hydrogen-bond acceptors (Lipinski definition) is 4. The molecule has 118 valence electrons. The van der Waals surface area contributed by atoms with Gasteiger partial charge >= 0.3 is 6.03 Å². The zero-order chi connectivity index (χ0) is 15.8. The molecule has 6 nitrogen and oxygen atoms in total. The number of amides is 2. The number of aliphatic hydroxyl groups is 1. The number of carbonyl (C=O) groups is 1. The molecule has 3 N–H and O–H groups in total. The summed E-state index contributed by atoms with van der Waals surface area (Å²) >= 11 is 6.04. The van der Waals surface area contributed by atoms with Crippen LogP contribution >= 0.6 is 11.6 Å². The van der Waals surface area contributed by atoms with Crippen molar-refractivity contribution in [2.45, 2.75) is 25.8 Å². The smallest absolute Gasteiger partial charge is 0.319 e. The SMILES string of the molecule is CCC(CCO)NC(=O)Nc1cc(Cl)c(OC)cc1OC. The lowest BCUT2D eigenvalue weighted by Crippen LogP contribution is -2.38. The first-order valence-electron chi connectivity index (χ1n) is 6.65. The summed E-state index contributed by atoms with van der Waals surface area (Å²) in [6.07, 6.45) is 1.24. The molecule has 1 aromatic carbocycles. The maximum Gasteiger partial charge on any atom is 0.319 e. The van der Waals surface area contributed by atoms with Gasteiger partial charge in [0.2, 0.25) is 0 Å². The van der Waals surface area contributed by atoms with Gasteiger partial charge in [-0.3, -0.25) is 0 Å². The van der Waals surface area contributed by atoms with Crippen LogP contribution in [0.3, 0.4) is 0 Å². The van der Waals surface area contributed by atoms with Crippen molar-refractivity contribution in [3.8, 4) is 11.5 Å². The quantitative estimate of drug-likeness (QED) is 0.722. The Morgan fingerprint density at radius 1 is 1.33 bits per heavy atom. The summed E-state index contributed by atoms with van der Waals surface area (Å²) in [5.74, 6) is 0.910. The summed E-state index contributed by atoms with van der Waals surface area (Å²) in [6.45, 7) is 1.96. The van der Waals surface area contributed by atoms with Gasteiger partial charge in [0, 0.05) is 18.7 Å². The summed E-state index contributed by atoms with van der Waals surface area (Å²) < 4.78 is 10.3. The van der Waals surface area contributed by atoms with Crippen LogP contribution in [0.5, 0.6) is 11.5 Å². The van der Waals surface area contributed by atoms with Crippen LogP contribution in [-0.2, 0) is 0 Å². The highest BCUT2D eigenvalue weighted by atomic mass is 35.5. The second-order valence-electron chi connectivity index (χ2n) is 4.40. The van der Waals surface area contributed by atoms with Gasteiger partial charge in [0.1, 0.15) is 11.5 Å². The molecule has 7 heteroatoms. The minimum absolute atomic E-state index is 0.0243. The molecular formula is C14H21ClN2O4. The van der Waals surface area contributed by atoms with Gasteiger partial charge in [-0.2, -0.15) is 0 Å². The van der Waals surface area contributed by atoms with Crippen molar-refractivity contribution < 1.29 is 19.4 Å². The second kappa shape index (κ2) is 8.59. The van der Waals surface area contributed by atoms with E-state index in [-0.39, 0.29) is 18.7 Å². The molecule has 0 fully saturated rings. The topological polar surface area (TPSA) is 79.8 Å². The van der Waals surface area contributed by atoms with Gasteiger partial charge in [-0.25, -0.2) is 4.79 Å². The van der Waals surface area contributed by atoms with Crippen molar-refractivity contribution in [2.24, 2.45) is 0 Å². The molecule has 2 amide bonds. The average molecular weight is 317 g/mol. The number of nitrogens with one attached hydrogen (secondary N) is 2. The molecule has 0 bridgehead atoms. The molecular weight excluding hydrogens is 296 g/mol. The zero-order valence-corrected chi connectivity index (χ0v) is 13.2. The Morgan fingerprint density at radius 2 is 2.00 bits per heavy atom. The summed E-state index contributed by atoms with van der Waals surface area (Å²) in [6, 6.07) is 2.69. The van der Waals surface area contributed by atoms with Gasteiger partial charge in [0.05, 0.1) is 24.9 Å². The highest BCUT2D eigenvalue weighted by Gasteiger charge is 2.14. The van der Waals surface area contributed by atoms with Crippen molar-refractivity contribution in [1.82, 2.24) is 5.32 Å². The fourth-order valence-corrected chi connectivity index (χ4v) is 2.08. The summed E-state index contributed by atoms with van der Waals surface area (Å²) in [5.41, 5.74) is 0.444. The van der Waals surface area contributed by atoms with Crippen molar-refractivity contribution in [2.75, 3.05) is 26.1 Å². The molecule has 21 heavy (non-hydrogen) atoms. The van der Waals surface area contributed by atoms with Crippen LogP contribution in [0.2, 0.25) is 5.02 Å². The standard InChI is InChI=1S/C14H21ClN2O4/c1-4-9(5-6-18)16-14(19)17-11-7-10(15)12(20-2)8-13(11)21-3/h7-9,18H,4-6H2,1-3H3,(H2,16,17,19). The van der Waals surface area contributed by atoms with E-state index < -0.39 is 0 Å². The monoisotopic (exact) mass is 316 g/mol. The van der Waals surface area contributed by atoms with Crippen molar-refractivity contribution in [3.63, 3.8) is 0 Å². The Hall–Kier alpha value is -1.66. The highest BCUT2D eigenvalue weighted by Crippen LogP contribution is 2.35. The first-order valence-corrected chi connectivity index (χ1v) is 7.03. The van der Waals surface area contributed by atoms with Crippen LogP contribution in [-0.4, -0.2) is 38.0 Å². The number of halogens is 1. The fourth-order valence-electron chi connectivity index (χ4n) is 1.84. The second-order valence-corrected chi connectivity index (χ2v) is 4.81. The lowest BCUT2D eigenvalue weighted by molar-refractivity contribution is 0.237. The molecule has 1 rings (SSSR count). The molecule has 0 saturated heterocycles. The molecule has 0 aliphatic heterocycles. The van der Waals surface area contributed by atoms with Crippen LogP contribution in [0.25, 0.3) is 0 Å². The van der Waals surface area contributed by atoms with Crippen LogP contribution in [0.15, 0.2) is 12.1 Å². The molecule has 0 heterocycles. The summed E-state index contributed by atoms with van der Waals surface area (Å²) in [7, 11) is 2.99. The number of anilines is 1. The third-order valence-corrected chi connectivity index (χ3v) is 3.32. The van der Waals surface area contributed by atoms with E-state index in [0.29, 0.717) is 28.6 Å². The lowest BCUT2D eigenvalue weighted by Gasteiger charge is -2.18. The van der Waals surface area contributed by atoms with E-state index in [1.807, 2.05) is 6.92 Å². The Labute approximate surface area is 129 Å². The maximum absolute atomic E-state index is 12.0. The average Bonchev–Trinajstić information content (AvgIpc) is 2.47. The van der Waals surface area contributed by atoms with Crippen molar-refractivity contribution in [1.29, 1.82) is 0 Å². The Morgan fingerprint density at radius 3 is 2.52 bits per heavy atom. The number of benzene rings is 1. The summed E-state index contributed by atoms with van der Waals surface area (Å²) in [4.78, 5) is 12.0. The number of aliphatic hydroxyl groups excluding tert-OH is 1. The predicted molar refractivity (Wildman–Crippen MR) is 82.5 cm³/mol. The van der Waals surface area contributed by atoms with Crippen molar-refractivity contribution >= 4 is 23.3 Å². The minimum Gasteiger partial charge on any atom is -0.495 e. The predicted octanol–water partition coefficient (Wildman–Crippen LogP) is 2.64. The molecule has 0 aliphatic rings. The molecule has 1 atom stereocenters. The maximum atomic E-state index is 12.0. The van der Waals surface area contributed by atoms with E-state index in [0.717, 1.165) is 6.42 Å². The molecule has 1 unspecified atom stereocenters. The van der Waals surface area contributed by atoms with Gasteiger partial charge in [0.25, 0.3) is 0 Å². The molecule has 0 spiro atoms. The van der Waals surface area contributed by atoms with E-state index in [4.69, 9.17) is 26.2 Å². The number of urea groups is 1. The Kier molecular flexibility index (Phi) is 7.11. The van der Waals surface area contributed by atoms with Gasteiger partial charge < -0.3 is 25.2 Å². The highest BCUT2D eigenvalue weighted by molar-refractivity contribution is 6.32. The van der Waals surface area contributed by atoms with Crippen LogP contribution < -0.4 is 20.1 Å². The van der Waals surface area contributed by atoms with Crippen molar-refractivity contribution in [3.05, 3.63) is 17.2 Å². The van der Waals surface area contributed by atoms with Gasteiger partial charge in [-0.15, -0.1) is 0 Å². The van der Waals surface area contributed by atoms with Gasteiger partial charge in [0.15, 0.2) is 0 Å². The van der Waals surface area contributed by atoms with E-state index in [2.05, 4.69) is 10.6 Å². The van der Waals surface area contributed by atoms with Gasteiger partial charge in [-0.05, 0) is 18.9 Å². The van der Waals surface area contributed by atoms with Crippen LogP contribution in [0.1, 0.15) is 19.8 Å². The number of carbonyl (C=O) groups excluding carboxylic acids is 1. The molecule has 0 aliphatic carbocycles. The first-order chi connectivity index (χ1) is 10.0. The number of methoxy groups -OCH3 is 2. The fraction of sp³-hybridized carbons (Fsp3) is 0.500. The lowest BCUT2D eigenvalue weighted by atomic mass is 10.1. The molecule has 0 saturated carbocycles. The minimum atomic E-state index is -0.380. The normalized spacial score (nSPS) is 11.7. The third kappa shape index (κ3) is 4.99. The van der Waals surface area contributed by atoms with Crippen LogP contribution in [0.4, 0.5) is 10.5 Å². The Bertz CT molecular complexity index is 482. The zero-order valence-electron chi connectivity index (χ0n) is 12.4. The first kappa shape index (κ1) is 17.4. The Balaban J connectivity index is 2.82. The van der Waals surface area contributed by atoms with E-state index in [1.54, 1.807) is 12.1 Å². The number of hydrogen-bond donors (Lipinski definition) is 3. The third-order valence-electron chi connectivity index (χ3n) is 3.03. The van der Waals surface area contributed by atoms with E-state index >= 15 is 0 Å². The molecule has 0 aromatic heterocycles. The molecule has 0 radical (unpaired) electrons. The van der Waals surface area contributed by atoms with Gasteiger partial charge in [-0.1, -0.05) is 18.5 Å². The van der Waals surface area contributed by atoms with E-state index in [1.165, 1.54) is 14.2 Å². The largest absolute Gasteiger partial charge is 0.495 e. The van der Waals surface area contributed by atoms with E-state index in [9.17, 15) is 4.79 Å².